The molecule has 1 fully saturated rings. The summed E-state index contributed by atoms with van der Waals surface area (Å²) >= 11 is 0. The van der Waals surface area contributed by atoms with Crippen LogP contribution in [0.15, 0.2) is 18.2 Å². The predicted octanol–water partition coefficient (Wildman–Crippen LogP) is 1.28. The van der Waals surface area contributed by atoms with Gasteiger partial charge in [0.05, 0.1) is 12.2 Å². The van der Waals surface area contributed by atoms with Crippen LogP contribution in [0.3, 0.4) is 0 Å². The van der Waals surface area contributed by atoms with Crippen molar-refractivity contribution in [2.45, 2.75) is 6.92 Å². The van der Waals surface area contributed by atoms with Crippen molar-refractivity contribution in [1.29, 1.82) is 0 Å². The highest BCUT2D eigenvalue weighted by atomic mass is 35.5. The van der Waals surface area contributed by atoms with Gasteiger partial charge in [0.15, 0.2) is 11.6 Å². The number of halogens is 2. The lowest BCUT2D eigenvalue weighted by Gasteiger charge is -2.27. The zero-order valence-corrected chi connectivity index (χ0v) is 13.5. The number of carbonyl (C=O) groups is 1. The largest absolute Gasteiger partial charge is 0.490 e. The normalized spacial score (nSPS) is 15.0. The summed E-state index contributed by atoms with van der Waals surface area (Å²) in [6.45, 7) is 7.35. The topological polar surface area (TPSA) is 53.6 Å². The molecule has 22 heavy (non-hydrogen) atoms. The van der Waals surface area contributed by atoms with Crippen LogP contribution in [0.5, 0.6) is 5.75 Å². The molecular weight excluding hydrogens is 309 g/mol. The number of para-hydroxylation sites is 1. The molecule has 0 atom stereocenters. The van der Waals surface area contributed by atoms with Crippen molar-refractivity contribution in [2.24, 2.45) is 0 Å². The maximum absolute atomic E-state index is 13.7. The summed E-state index contributed by atoms with van der Waals surface area (Å²) in [4.78, 5) is 14.4. The number of rotatable bonds is 6. The van der Waals surface area contributed by atoms with Gasteiger partial charge in [-0.15, -0.1) is 12.4 Å². The van der Waals surface area contributed by atoms with E-state index >= 15 is 0 Å². The summed E-state index contributed by atoms with van der Waals surface area (Å²) in [5.41, 5.74) is 0.247. The minimum Gasteiger partial charge on any atom is -0.490 e. The molecule has 0 aromatic heterocycles. The second-order valence-corrected chi connectivity index (χ2v) is 4.90. The third-order valence-corrected chi connectivity index (χ3v) is 3.42. The summed E-state index contributed by atoms with van der Waals surface area (Å²) < 4.78 is 18.9. The lowest BCUT2D eigenvalue weighted by Crippen LogP contribution is -2.46. The first-order valence-corrected chi connectivity index (χ1v) is 7.35. The molecule has 1 aromatic rings. The molecule has 0 unspecified atom stereocenters. The van der Waals surface area contributed by atoms with Crippen molar-refractivity contribution in [3.8, 4) is 5.75 Å². The van der Waals surface area contributed by atoms with Crippen molar-refractivity contribution in [3.63, 3.8) is 0 Å². The average molecular weight is 332 g/mol. The lowest BCUT2D eigenvalue weighted by molar-refractivity contribution is 0.0942. The van der Waals surface area contributed by atoms with Crippen LogP contribution < -0.4 is 15.4 Å². The molecule has 0 spiro atoms. The van der Waals surface area contributed by atoms with E-state index in [0.717, 1.165) is 32.7 Å². The average Bonchev–Trinajstić information content (AvgIpc) is 2.50. The quantitative estimate of drug-likeness (QED) is 0.824. The Labute approximate surface area is 136 Å². The molecule has 0 bridgehead atoms. The first kappa shape index (κ1) is 18.7. The molecule has 5 nitrogen and oxygen atoms in total. The third-order valence-electron chi connectivity index (χ3n) is 3.42. The predicted molar refractivity (Wildman–Crippen MR) is 86.5 cm³/mol. The summed E-state index contributed by atoms with van der Waals surface area (Å²) in [7, 11) is 0. The van der Waals surface area contributed by atoms with E-state index in [1.165, 1.54) is 12.1 Å². The highest BCUT2D eigenvalue weighted by Gasteiger charge is 2.16. The van der Waals surface area contributed by atoms with E-state index < -0.39 is 5.82 Å². The van der Waals surface area contributed by atoms with Crippen LogP contribution in [0.2, 0.25) is 0 Å². The number of nitrogens with zero attached hydrogens (tertiary/aromatic N) is 1. The Bertz CT molecular complexity index is 482. The van der Waals surface area contributed by atoms with E-state index in [0.29, 0.717) is 13.2 Å². The Kier molecular flexibility index (Phi) is 8.16. The number of hydrogen-bond acceptors (Lipinski definition) is 4. The zero-order valence-electron chi connectivity index (χ0n) is 12.7. The number of ether oxygens (including phenoxy) is 1. The SMILES string of the molecule is CCOc1c(F)cccc1C(=O)NCCN1CCNCC1.Cl. The number of carbonyl (C=O) groups excluding carboxylic acids is 1. The Hall–Kier alpha value is -1.37. The van der Waals surface area contributed by atoms with Crippen molar-refractivity contribution in [3.05, 3.63) is 29.6 Å². The minimum atomic E-state index is -0.508. The number of nitrogens with one attached hydrogen (secondary N) is 2. The fourth-order valence-corrected chi connectivity index (χ4v) is 2.34. The smallest absolute Gasteiger partial charge is 0.255 e. The van der Waals surface area contributed by atoms with Crippen molar-refractivity contribution in [1.82, 2.24) is 15.5 Å². The Morgan fingerprint density at radius 1 is 1.41 bits per heavy atom. The van der Waals surface area contributed by atoms with Gasteiger partial charge in [0, 0.05) is 39.3 Å². The Balaban J connectivity index is 0.00000242. The number of amides is 1. The van der Waals surface area contributed by atoms with Crippen LogP contribution in [-0.2, 0) is 0 Å². The van der Waals surface area contributed by atoms with Gasteiger partial charge < -0.3 is 15.4 Å². The Morgan fingerprint density at radius 2 is 2.14 bits per heavy atom. The molecule has 2 rings (SSSR count). The summed E-state index contributed by atoms with van der Waals surface area (Å²) in [6.07, 6.45) is 0. The Morgan fingerprint density at radius 3 is 2.82 bits per heavy atom. The van der Waals surface area contributed by atoms with Gasteiger partial charge in [-0.25, -0.2) is 4.39 Å². The monoisotopic (exact) mass is 331 g/mol. The molecule has 124 valence electrons. The zero-order chi connectivity index (χ0) is 15.1. The molecule has 1 aliphatic rings. The highest BCUT2D eigenvalue weighted by Crippen LogP contribution is 2.22. The van der Waals surface area contributed by atoms with Gasteiger partial charge in [-0.3, -0.25) is 9.69 Å². The third kappa shape index (κ3) is 5.12. The van der Waals surface area contributed by atoms with Gasteiger partial charge in [-0.2, -0.15) is 0 Å². The molecule has 1 amide bonds. The summed E-state index contributed by atoms with van der Waals surface area (Å²) in [6, 6.07) is 4.39. The maximum Gasteiger partial charge on any atom is 0.255 e. The van der Waals surface area contributed by atoms with Crippen LogP contribution in [-0.4, -0.2) is 56.7 Å². The molecule has 0 aliphatic carbocycles. The van der Waals surface area contributed by atoms with Gasteiger partial charge in [-0.1, -0.05) is 6.07 Å². The van der Waals surface area contributed by atoms with Crippen molar-refractivity contribution in [2.75, 3.05) is 45.9 Å². The molecule has 1 saturated heterocycles. The highest BCUT2D eigenvalue weighted by molar-refractivity contribution is 5.96. The van der Waals surface area contributed by atoms with Gasteiger partial charge in [0.25, 0.3) is 5.91 Å². The van der Waals surface area contributed by atoms with E-state index in [1.807, 2.05) is 0 Å². The van der Waals surface area contributed by atoms with Crippen molar-refractivity contribution >= 4 is 18.3 Å². The first-order valence-electron chi connectivity index (χ1n) is 7.35. The molecule has 0 radical (unpaired) electrons. The molecule has 0 saturated carbocycles. The van der Waals surface area contributed by atoms with E-state index in [9.17, 15) is 9.18 Å². The molecule has 1 heterocycles. The first-order chi connectivity index (χ1) is 10.2. The van der Waals surface area contributed by atoms with Gasteiger partial charge in [0.1, 0.15) is 0 Å². The molecule has 7 heteroatoms. The standard InChI is InChI=1S/C15H22FN3O2.ClH/c1-2-21-14-12(4-3-5-13(14)16)15(20)18-8-11-19-9-6-17-7-10-19;/h3-5,17H,2,6-11H2,1H3,(H,18,20);1H. The van der Waals surface area contributed by atoms with Crippen molar-refractivity contribution < 1.29 is 13.9 Å². The molecule has 1 aromatic carbocycles. The number of benzene rings is 1. The van der Waals surface area contributed by atoms with Crippen LogP contribution in [0, 0.1) is 5.82 Å². The van der Waals surface area contributed by atoms with Gasteiger partial charge >= 0.3 is 0 Å². The molecule has 2 N–H and O–H groups in total. The number of piperazine rings is 1. The van der Waals surface area contributed by atoms with Crippen LogP contribution in [0.1, 0.15) is 17.3 Å². The van der Waals surface area contributed by atoms with Gasteiger partial charge in [-0.05, 0) is 19.1 Å². The molecule has 1 aliphatic heterocycles. The lowest BCUT2D eigenvalue weighted by atomic mass is 10.2. The summed E-state index contributed by atoms with van der Waals surface area (Å²) in [5, 5.41) is 6.10. The maximum atomic E-state index is 13.7. The van der Waals surface area contributed by atoms with E-state index in [1.54, 1.807) is 13.0 Å². The second kappa shape index (κ2) is 9.61. The van der Waals surface area contributed by atoms with E-state index in [4.69, 9.17) is 4.74 Å². The van der Waals surface area contributed by atoms with Crippen LogP contribution >= 0.6 is 12.4 Å². The minimum absolute atomic E-state index is 0. The van der Waals surface area contributed by atoms with Crippen LogP contribution in [0.25, 0.3) is 0 Å². The fourth-order valence-electron chi connectivity index (χ4n) is 2.34. The molecular formula is C15H23ClFN3O2. The fraction of sp³-hybridized carbons (Fsp3) is 0.533. The van der Waals surface area contributed by atoms with Crippen LogP contribution in [0.4, 0.5) is 4.39 Å². The van der Waals surface area contributed by atoms with E-state index in [2.05, 4.69) is 15.5 Å². The van der Waals surface area contributed by atoms with Gasteiger partial charge in [0.2, 0.25) is 0 Å². The number of hydrogen-bond donors (Lipinski definition) is 2. The summed E-state index contributed by atoms with van der Waals surface area (Å²) in [5.74, 6) is -0.778. The second-order valence-electron chi connectivity index (χ2n) is 4.90. The van der Waals surface area contributed by atoms with E-state index in [-0.39, 0.29) is 29.6 Å².